The standard InChI is InChI=1S/C17H25NO3/c1-3-13-10-14(16(20)17(21)15(13)19)18-11(2)9-12-7-5-4-6-8-12/h4-8,10-11,14-21H,3,9H2,1-2H3. The maximum Gasteiger partial charge on any atom is 0.111 e. The highest BCUT2D eigenvalue weighted by molar-refractivity contribution is 5.22. The molecule has 5 atom stereocenters. The van der Waals surface area contributed by atoms with E-state index in [1.807, 2.05) is 31.2 Å². The summed E-state index contributed by atoms with van der Waals surface area (Å²) < 4.78 is 0. The molecule has 0 spiro atoms. The van der Waals surface area contributed by atoms with E-state index in [0.717, 1.165) is 12.0 Å². The van der Waals surface area contributed by atoms with Crippen LogP contribution in [0.2, 0.25) is 0 Å². The molecule has 4 nitrogen and oxygen atoms in total. The first-order valence-corrected chi connectivity index (χ1v) is 7.57. The maximum atomic E-state index is 10.1. The zero-order valence-corrected chi connectivity index (χ0v) is 12.6. The van der Waals surface area contributed by atoms with Crippen molar-refractivity contribution in [2.24, 2.45) is 0 Å². The van der Waals surface area contributed by atoms with Gasteiger partial charge in [0.25, 0.3) is 0 Å². The molecule has 2 rings (SSSR count). The first-order chi connectivity index (χ1) is 10.0. The van der Waals surface area contributed by atoms with Gasteiger partial charge in [0.1, 0.15) is 18.3 Å². The van der Waals surface area contributed by atoms with Crippen LogP contribution < -0.4 is 5.32 Å². The SMILES string of the molecule is CCC1=CC(NC(C)Cc2ccccc2)C(O)C(O)C1O. The van der Waals surface area contributed by atoms with Crippen LogP contribution in [0.25, 0.3) is 0 Å². The minimum Gasteiger partial charge on any atom is -0.388 e. The maximum absolute atomic E-state index is 10.1. The van der Waals surface area contributed by atoms with Crippen molar-refractivity contribution in [1.82, 2.24) is 5.32 Å². The molecule has 0 saturated heterocycles. The summed E-state index contributed by atoms with van der Waals surface area (Å²) in [5.41, 5.74) is 2.00. The molecule has 0 heterocycles. The van der Waals surface area contributed by atoms with Crippen molar-refractivity contribution in [3.05, 3.63) is 47.5 Å². The van der Waals surface area contributed by atoms with Gasteiger partial charge in [0.15, 0.2) is 0 Å². The summed E-state index contributed by atoms with van der Waals surface area (Å²) >= 11 is 0. The Hall–Kier alpha value is -1.20. The third-order valence-corrected chi connectivity index (χ3v) is 4.08. The van der Waals surface area contributed by atoms with Crippen LogP contribution >= 0.6 is 0 Å². The van der Waals surface area contributed by atoms with Gasteiger partial charge in [-0.3, -0.25) is 0 Å². The van der Waals surface area contributed by atoms with E-state index in [4.69, 9.17) is 0 Å². The average molecular weight is 291 g/mol. The number of rotatable bonds is 5. The van der Waals surface area contributed by atoms with Gasteiger partial charge in [0.05, 0.1) is 6.04 Å². The van der Waals surface area contributed by atoms with E-state index in [-0.39, 0.29) is 12.1 Å². The lowest BCUT2D eigenvalue weighted by atomic mass is 9.86. The molecule has 0 fully saturated rings. The fourth-order valence-corrected chi connectivity index (χ4v) is 2.88. The highest BCUT2D eigenvalue weighted by Gasteiger charge is 2.36. The molecule has 1 aliphatic rings. The van der Waals surface area contributed by atoms with Crippen LogP contribution in [0.4, 0.5) is 0 Å². The Labute approximate surface area is 126 Å². The first-order valence-electron chi connectivity index (χ1n) is 7.57. The van der Waals surface area contributed by atoms with E-state index >= 15 is 0 Å². The molecule has 116 valence electrons. The summed E-state index contributed by atoms with van der Waals surface area (Å²) in [7, 11) is 0. The van der Waals surface area contributed by atoms with E-state index in [9.17, 15) is 15.3 Å². The monoisotopic (exact) mass is 291 g/mol. The summed E-state index contributed by atoms with van der Waals surface area (Å²) in [6, 6.07) is 9.96. The fourth-order valence-electron chi connectivity index (χ4n) is 2.88. The smallest absolute Gasteiger partial charge is 0.111 e. The van der Waals surface area contributed by atoms with Gasteiger partial charge in [-0.2, -0.15) is 0 Å². The first kappa shape index (κ1) is 16.2. The van der Waals surface area contributed by atoms with Crippen molar-refractivity contribution >= 4 is 0 Å². The molecule has 21 heavy (non-hydrogen) atoms. The predicted octanol–water partition coefficient (Wildman–Crippen LogP) is 1.01. The highest BCUT2D eigenvalue weighted by Crippen LogP contribution is 2.23. The quantitative estimate of drug-likeness (QED) is 0.611. The number of aliphatic hydroxyl groups excluding tert-OH is 3. The average Bonchev–Trinajstić information content (AvgIpc) is 2.49. The minimum atomic E-state index is -1.13. The van der Waals surface area contributed by atoms with Gasteiger partial charge in [-0.25, -0.2) is 0 Å². The number of nitrogens with one attached hydrogen (secondary N) is 1. The summed E-state index contributed by atoms with van der Waals surface area (Å²) in [4.78, 5) is 0. The zero-order valence-electron chi connectivity index (χ0n) is 12.6. The van der Waals surface area contributed by atoms with Crippen LogP contribution in [0.1, 0.15) is 25.8 Å². The lowest BCUT2D eigenvalue weighted by Gasteiger charge is -2.36. The Balaban J connectivity index is 2.02. The minimum absolute atomic E-state index is 0.156. The number of aliphatic hydroxyl groups is 3. The Bertz CT molecular complexity index is 474. The van der Waals surface area contributed by atoms with Crippen LogP contribution in [-0.4, -0.2) is 45.7 Å². The second-order valence-electron chi connectivity index (χ2n) is 5.80. The van der Waals surface area contributed by atoms with Crippen molar-refractivity contribution in [1.29, 1.82) is 0 Å². The molecule has 4 N–H and O–H groups in total. The molecule has 0 bridgehead atoms. The van der Waals surface area contributed by atoms with Crippen LogP contribution in [0.3, 0.4) is 0 Å². The largest absolute Gasteiger partial charge is 0.388 e. The molecule has 1 aliphatic carbocycles. The topological polar surface area (TPSA) is 72.7 Å². The van der Waals surface area contributed by atoms with Gasteiger partial charge in [-0.1, -0.05) is 43.3 Å². The van der Waals surface area contributed by atoms with E-state index < -0.39 is 18.3 Å². The normalized spacial score (nSPS) is 30.8. The summed E-state index contributed by atoms with van der Waals surface area (Å²) in [6.07, 6.45) is 0.268. The molecule has 0 aliphatic heterocycles. The third kappa shape index (κ3) is 3.92. The van der Waals surface area contributed by atoms with Crippen LogP contribution in [-0.2, 0) is 6.42 Å². The predicted molar refractivity (Wildman–Crippen MR) is 82.9 cm³/mol. The van der Waals surface area contributed by atoms with Gasteiger partial charge in [-0.15, -0.1) is 0 Å². The zero-order chi connectivity index (χ0) is 15.4. The molecule has 0 radical (unpaired) electrons. The molecule has 5 unspecified atom stereocenters. The van der Waals surface area contributed by atoms with Gasteiger partial charge >= 0.3 is 0 Å². The molecular formula is C17H25NO3. The Morgan fingerprint density at radius 3 is 2.38 bits per heavy atom. The van der Waals surface area contributed by atoms with Crippen molar-refractivity contribution in [3.63, 3.8) is 0 Å². The van der Waals surface area contributed by atoms with Gasteiger partial charge in [0.2, 0.25) is 0 Å². The van der Waals surface area contributed by atoms with Crippen molar-refractivity contribution in [2.45, 2.75) is 57.1 Å². The molecular weight excluding hydrogens is 266 g/mol. The number of hydrogen-bond donors (Lipinski definition) is 4. The summed E-state index contributed by atoms with van der Waals surface area (Å²) in [6.45, 7) is 3.99. The Morgan fingerprint density at radius 2 is 1.76 bits per heavy atom. The van der Waals surface area contributed by atoms with Crippen molar-refractivity contribution in [3.8, 4) is 0 Å². The van der Waals surface area contributed by atoms with E-state index in [2.05, 4.69) is 24.4 Å². The van der Waals surface area contributed by atoms with Crippen LogP contribution in [0.5, 0.6) is 0 Å². The molecule has 4 heteroatoms. The molecule has 0 amide bonds. The van der Waals surface area contributed by atoms with Crippen LogP contribution in [0, 0.1) is 0 Å². The summed E-state index contributed by atoms with van der Waals surface area (Å²) in [5.74, 6) is 0. The van der Waals surface area contributed by atoms with Crippen molar-refractivity contribution in [2.75, 3.05) is 0 Å². The van der Waals surface area contributed by atoms with Gasteiger partial charge in [-0.05, 0) is 30.9 Å². The van der Waals surface area contributed by atoms with Crippen LogP contribution in [0.15, 0.2) is 42.0 Å². The van der Waals surface area contributed by atoms with Crippen molar-refractivity contribution < 1.29 is 15.3 Å². The molecule has 0 saturated carbocycles. The van der Waals surface area contributed by atoms with E-state index in [1.54, 1.807) is 0 Å². The van der Waals surface area contributed by atoms with Gasteiger partial charge in [0, 0.05) is 6.04 Å². The molecule has 1 aromatic carbocycles. The number of hydrogen-bond acceptors (Lipinski definition) is 4. The van der Waals surface area contributed by atoms with E-state index in [1.165, 1.54) is 5.56 Å². The highest BCUT2D eigenvalue weighted by atomic mass is 16.4. The Kier molecular flexibility index (Phi) is 5.53. The fraction of sp³-hybridized carbons (Fsp3) is 0.529. The molecule has 1 aromatic rings. The summed E-state index contributed by atoms with van der Waals surface area (Å²) in [5, 5.41) is 33.3. The lowest BCUT2D eigenvalue weighted by Crippen LogP contribution is -2.55. The lowest BCUT2D eigenvalue weighted by molar-refractivity contribution is -0.0632. The third-order valence-electron chi connectivity index (χ3n) is 4.08. The molecule has 0 aromatic heterocycles. The Morgan fingerprint density at radius 1 is 1.10 bits per heavy atom. The second kappa shape index (κ2) is 7.18. The van der Waals surface area contributed by atoms with E-state index in [0.29, 0.717) is 6.42 Å². The number of benzene rings is 1. The van der Waals surface area contributed by atoms with Gasteiger partial charge < -0.3 is 20.6 Å². The second-order valence-corrected chi connectivity index (χ2v) is 5.80.